The van der Waals surface area contributed by atoms with E-state index >= 15 is 0 Å². The highest BCUT2D eigenvalue weighted by Crippen LogP contribution is 2.32. The number of fused-ring (bicyclic) bond motifs is 1. The Morgan fingerprint density at radius 3 is 2.57 bits per heavy atom. The molecule has 0 spiro atoms. The first-order chi connectivity index (χ1) is 17.9. The Labute approximate surface area is 221 Å². The van der Waals surface area contributed by atoms with Crippen molar-refractivity contribution >= 4 is 45.6 Å². The average Bonchev–Trinajstić information content (AvgIpc) is 3.37. The van der Waals surface area contributed by atoms with Gasteiger partial charge in [-0.2, -0.15) is 5.10 Å². The van der Waals surface area contributed by atoms with Gasteiger partial charge in [0.15, 0.2) is 18.1 Å². The number of halogens is 1. The summed E-state index contributed by atoms with van der Waals surface area (Å²) >= 11 is 3.42. The third-order valence-corrected chi connectivity index (χ3v) is 6.06. The molecule has 0 bridgehead atoms. The zero-order chi connectivity index (χ0) is 26.2. The van der Waals surface area contributed by atoms with E-state index in [2.05, 4.69) is 37.1 Å². The van der Waals surface area contributed by atoms with Gasteiger partial charge in [0, 0.05) is 16.7 Å². The van der Waals surface area contributed by atoms with E-state index in [-0.39, 0.29) is 25.9 Å². The normalized spacial score (nSPS) is 11.7. The van der Waals surface area contributed by atoms with Crippen molar-refractivity contribution in [2.75, 3.05) is 18.7 Å². The van der Waals surface area contributed by atoms with Gasteiger partial charge in [0.25, 0.3) is 5.91 Å². The zero-order valence-electron chi connectivity index (χ0n) is 19.7. The minimum atomic E-state index is -0.899. The van der Waals surface area contributed by atoms with Gasteiger partial charge in [0.1, 0.15) is 5.75 Å². The Morgan fingerprint density at radius 2 is 1.78 bits per heavy atom. The molecular weight excluding hydrogens is 544 g/mol. The van der Waals surface area contributed by atoms with Gasteiger partial charge < -0.3 is 24.8 Å². The maximum absolute atomic E-state index is 12.1. The molecule has 11 heteroatoms. The first-order valence-corrected chi connectivity index (χ1v) is 12.0. The first kappa shape index (κ1) is 25.7. The zero-order valence-corrected chi connectivity index (χ0v) is 21.3. The molecule has 0 saturated heterocycles. The van der Waals surface area contributed by atoms with Gasteiger partial charge >= 0.3 is 11.8 Å². The second kappa shape index (κ2) is 12.0. The molecule has 3 amide bonds. The summed E-state index contributed by atoms with van der Waals surface area (Å²) in [6, 6.07) is 17.5. The predicted octanol–water partition coefficient (Wildman–Crippen LogP) is 3.27. The minimum Gasteiger partial charge on any atom is -0.484 e. The summed E-state index contributed by atoms with van der Waals surface area (Å²) in [6.07, 6.45) is 1.38. The van der Waals surface area contributed by atoms with Crippen LogP contribution < -0.4 is 30.3 Å². The van der Waals surface area contributed by atoms with Crippen molar-refractivity contribution in [2.45, 2.75) is 13.5 Å². The summed E-state index contributed by atoms with van der Waals surface area (Å²) in [5.74, 6) is -0.285. The van der Waals surface area contributed by atoms with Crippen LogP contribution in [0, 0.1) is 6.92 Å². The highest BCUT2D eigenvalue weighted by Gasteiger charge is 2.15. The van der Waals surface area contributed by atoms with Gasteiger partial charge in [-0.25, -0.2) is 5.43 Å². The molecule has 0 radical (unpaired) electrons. The number of nitrogens with one attached hydrogen (secondary N) is 3. The average molecular weight is 567 g/mol. The van der Waals surface area contributed by atoms with E-state index in [0.717, 1.165) is 15.6 Å². The van der Waals surface area contributed by atoms with Gasteiger partial charge in [-0.1, -0.05) is 22.0 Å². The topological polar surface area (TPSA) is 127 Å². The number of ether oxygens (including phenoxy) is 3. The first-order valence-electron chi connectivity index (χ1n) is 11.2. The summed E-state index contributed by atoms with van der Waals surface area (Å²) < 4.78 is 17.0. The van der Waals surface area contributed by atoms with E-state index in [1.165, 1.54) is 6.21 Å². The molecule has 0 aromatic heterocycles. The van der Waals surface area contributed by atoms with Crippen molar-refractivity contribution in [2.24, 2.45) is 5.10 Å². The number of rotatable bonds is 8. The molecule has 1 heterocycles. The standard InChI is InChI=1S/C26H23BrN4O6/c1-16-10-19(5-8-21(16)27)30-24(32)14-35-20-6-2-17(3-7-20)13-29-31-26(34)25(33)28-12-18-4-9-22-23(11-18)37-15-36-22/h2-11,13H,12,14-15H2,1H3,(H,28,33)(H,30,32)(H,31,34)/b29-13-. The Kier molecular flexibility index (Phi) is 8.37. The van der Waals surface area contributed by atoms with Crippen molar-refractivity contribution in [1.29, 1.82) is 0 Å². The lowest BCUT2D eigenvalue weighted by molar-refractivity contribution is -0.139. The molecule has 0 unspecified atom stereocenters. The molecule has 1 aliphatic heterocycles. The second-order valence-corrected chi connectivity index (χ2v) is 8.79. The van der Waals surface area contributed by atoms with Crippen LogP contribution in [0.2, 0.25) is 0 Å². The highest BCUT2D eigenvalue weighted by molar-refractivity contribution is 9.10. The quantitative estimate of drug-likeness (QED) is 0.218. The number of hydrogen-bond donors (Lipinski definition) is 3. The van der Waals surface area contributed by atoms with Gasteiger partial charge in [-0.3, -0.25) is 14.4 Å². The van der Waals surface area contributed by atoms with Crippen LogP contribution in [0.4, 0.5) is 5.69 Å². The Hall–Kier alpha value is -4.38. The fourth-order valence-electron chi connectivity index (χ4n) is 3.25. The fraction of sp³-hybridized carbons (Fsp3) is 0.154. The van der Waals surface area contributed by atoms with Crippen molar-refractivity contribution in [3.8, 4) is 17.2 Å². The van der Waals surface area contributed by atoms with E-state index in [0.29, 0.717) is 28.5 Å². The highest BCUT2D eigenvalue weighted by atomic mass is 79.9. The number of aryl methyl sites for hydroxylation is 1. The van der Waals surface area contributed by atoms with Gasteiger partial charge in [0.2, 0.25) is 6.79 Å². The van der Waals surface area contributed by atoms with Crippen LogP contribution in [-0.4, -0.2) is 37.3 Å². The molecular formula is C26H23BrN4O6. The summed E-state index contributed by atoms with van der Waals surface area (Å²) in [4.78, 5) is 36.1. The number of anilines is 1. The van der Waals surface area contributed by atoms with Gasteiger partial charge in [-0.15, -0.1) is 0 Å². The Balaban J connectivity index is 1.18. The van der Waals surface area contributed by atoms with Crippen molar-refractivity contribution in [3.63, 3.8) is 0 Å². The van der Waals surface area contributed by atoms with E-state index in [9.17, 15) is 14.4 Å². The van der Waals surface area contributed by atoms with Crippen molar-refractivity contribution < 1.29 is 28.6 Å². The van der Waals surface area contributed by atoms with Crippen LogP contribution in [0.15, 0.2) is 70.2 Å². The van der Waals surface area contributed by atoms with E-state index < -0.39 is 11.8 Å². The summed E-state index contributed by atoms with van der Waals surface area (Å²) in [7, 11) is 0. The van der Waals surface area contributed by atoms with Gasteiger partial charge in [0.05, 0.1) is 6.21 Å². The summed E-state index contributed by atoms with van der Waals surface area (Å²) in [5.41, 5.74) is 5.29. The van der Waals surface area contributed by atoms with Crippen LogP contribution in [0.5, 0.6) is 17.2 Å². The van der Waals surface area contributed by atoms with Gasteiger partial charge in [-0.05, 0) is 78.2 Å². The van der Waals surface area contributed by atoms with E-state index in [4.69, 9.17) is 14.2 Å². The van der Waals surface area contributed by atoms with E-state index in [1.54, 1.807) is 48.5 Å². The lowest BCUT2D eigenvalue weighted by Gasteiger charge is -2.09. The minimum absolute atomic E-state index is 0.148. The largest absolute Gasteiger partial charge is 0.484 e. The summed E-state index contributed by atoms with van der Waals surface area (Å²) in [6.45, 7) is 2.09. The molecule has 1 aliphatic rings. The van der Waals surface area contributed by atoms with Crippen LogP contribution in [0.25, 0.3) is 0 Å². The number of hydrogen-bond acceptors (Lipinski definition) is 7. The fourth-order valence-corrected chi connectivity index (χ4v) is 3.49. The lowest BCUT2D eigenvalue weighted by atomic mass is 10.2. The molecule has 0 saturated carbocycles. The third-order valence-electron chi connectivity index (χ3n) is 5.17. The SMILES string of the molecule is Cc1cc(NC(=O)COc2ccc(/C=N\NC(=O)C(=O)NCc3ccc4c(c3)OCO4)cc2)ccc1Br. The molecule has 0 fully saturated rings. The molecule has 3 N–H and O–H groups in total. The maximum atomic E-state index is 12.1. The molecule has 4 rings (SSSR count). The molecule has 3 aromatic carbocycles. The summed E-state index contributed by atoms with van der Waals surface area (Å²) in [5, 5.41) is 9.09. The number of benzene rings is 3. The van der Waals surface area contributed by atoms with Crippen LogP contribution in [0.3, 0.4) is 0 Å². The molecule has 3 aromatic rings. The third kappa shape index (κ3) is 7.31. The predicted molar refractivity (Wildman–Crippen MR) is 140 cm³/mol. The molecule has 0 atom stereocenters. The van der Waals surface area contributed by atoms with Crippen LogP contribution in [0.1, 0.15) is 16.7 Å². The Morgan fingerprint density at radius 1 is 1.00 bits per heavy atom. The molecule has 190 valence electrons. The molecule has 10 nitrogen and oxygen atoms in total. The number of carbonyl (C=O) groups excluding carboxylic acids is 3. The van der Waals surface area contributed by atoms with Crippen LogP contribution in [-0.2, 0) is 20.9 Å². The number of carbonyl (C=O) groups is 3. The van der Waals surface area contributed by atoms with Crippen molar-refractivity contribution in [1.82, 2.24) is 10.7 Å². The maximum Gasteiger partial charge on any atom is 0.329 e. The lowest BCUT2D eigenvalue weighted by Crippen LogP contribution is -2.37. The molecule has 37 heavy (non-hydrogen) atoms. The van der Waals surface area contributed by atoms with E-state index in [1.807, 2.05) is 19.1 Å². The van der Waals surface area contributed by atoms with Crippen molar-refractivity contribution in [3.05, 3.63) is 81.8 Å². The smallest absolute Gasteiger partial charge is 0.329 e. The number of amides is 3. The second-order valence-electron chi connectivity index (χ2n) is 7.94. The number of hydrazone groups is 1. The molecule has 0 aliphatic carbocycles. The Bertz CT molecular complexity index is 1340. The monoisotopic (exact) mass is 566 g/mol. The number of nitrogens with zero attached hydrogens (tertiary/aromatic N) is 1. The van der Waals surface area contributed by atoms with Crippen LogP contribution >= 0.6 is 15.9 Å².